The van der Waals surface area contributed by atoms with Gasteiger partial charge in [-0.05, 0) is 31.5 Å². The number of rotatable bonds is 6. The second kappa shape index (κ2) is 7.14. The van der Waals surface area contributed by atoms with Crippen LogP contribution in [0.1, 0.15) is 37.6 Å². The average molecular weight is 358 g/mol. The van der Waals surface area contributed by atoms with Gasteiger partial charge in [-0.3, -0.25) is 4.68 Å². The number of alkyl halides is 1. The van der Waals surface area contributed by atoms with Crippen molar-refractivity contribution >= 4 is 27.5 Å². The van der Waals surface area contributed by atoms with Crippen molar-refractivity contribution < 1.29 is 4.74 Å². The first-order valence-corrected chi connectivity index (χ1v) is 8.15. The van der Waals surface area contributed by atoms with Crippen LogP contribution < -0.4 is 4.74 Å². The molecule has 0 spiro atoms. The minimum atomic E-state index is 0.410. The normalized spacial score (nSPS) is 12.4. The molecule has 1 unspecified atom stereocenters. The molecular formula is C15H18BrClN2O. The molecule has 0 fully saturated rings. The summed E-state index contributed by atoms with van der Waals surface area (Å²) >= 11 is 9.58. The number of nitrogens with zero attached hydrogens (tertiary/aromatic N) is 2. The third kappa shape index (κ3) is 3.55. The maximum Gasteiger partial charge on any atom is 0.132 e. The van der Waals surface area contributed by atoms with E-state index in [1.54, 1.807) is 0 Å². The maximum absolute atomic E-state index is 6.15. The first kappa shape index (κ1) is 15.4. The molecular weight excluding hydrogens is 340 g/mol. The number of ether oxygens (including phenoxy) is 1. The molecule has 2 rings (SSSR count). The summed E-state index contributed by atoms with van der Waals surface area (Å²) in [6, 6.07) is 8.08. The van der Waals surface area contributed by atoms with Gasteiger partial charge in [0.05, 0.1) is 5.69 Å². The highest BCUT2D eigenvalue weighted by molar-refractivity contribution is 9.08. The Morgan fingerprint density at radius 1 is 1.40 bits per heavy atom. The molecule has 1 aromatic heterocycles. The molecule has 0 saturated heterocycles. The summed E-state index contributed by atoms with van der Waals surface area (Å²) in [5, 5.41) is 5.90. The van der Waals surface area contributed by atoms with Crippen molar-refractivity contribution in [2.45, 2.75) is 38.2 Å². The van der Waals surface area contributed by atoms with Crippen molar-refractivity contribution in [3.63, 3.8) is 0 Å². The van der Waals surface area contributed by atoms with E-state index in [9.17, 15) is 0 Å². The molecule has 0 bridgehead atoms. The van der Waals surface area contributed by atoms with E-state index in [2.05, 4.69) is 34.9 Å². The third-order valence-electron chi connectivity index (χ3n) is 3.29. The number of hydrogen-bond acceptors (Lipinski definition) is 2. The standard InChI is InChI=1S/C15H18BrClN2O/c1-3-11(2)19-8-7-12(18-19)10-20-15-6-4-5-14(17)13(15)9-16/h4-8,11H,3,9-10H2,1-2H3. The Morgan fingerprint density at radius 3 is 2.90 bits per heavy atom. The van der Waals surface area contributed by atoms with E-state index in [1.807, 2.05) is 35.1 Å². The van der Waals surface area contributed by atoms with E-state index in [4.69, 9.17) is 16.3 Å². The van der Waals surface area contributed by atoms with Crippen molar-refractivity contribution in [2.24, 2.45) is 0 Å². The molecule has 0 aliphatic carbocycles. The lowest BCUT2D eigenvalue weighted by atomic mass is 10.2. The molecule has 0 amide bonds. The predicted molar refractivity (Wildman–Crippen MR) is 85.6 cm³/mol. The van der Waals surface area contributed by atoms with Gasteiger partial charge in [0.1, 0.15) is 12.4 Å². The topological polar surface area (TPSA) is 27.1 Å². The van der Waals surface area contributed by atoms with Crippen molar-refractivity contribution in [3.8, 4) is 5.75 Å². The van der Waals surface area contributed by atoms with Crippen LogP contribution >= 0.6 is 27.5 Å². The van der Waals surface area contributed by atoms with Gasteiger partial charge < -0.3 is 4.74 Å². The average Bonchev–Trinajstić information content (AvgIpc) is 2.93. The second-order valence-corrected chi connectivity index (χ2v) is 5.65. The van der Waals surface area contributed by atoms with Crippen LogP contribution in [0, 0.1) is 0 Å². The molecule has 2 aromatic rings. The molecule has 0 aliphatic rings. The Morgan fingerprint density at radius 2 is 2.20 bits per heavy atom. The zero-order chi connectivity index (χ0) is 14.5. The van der Waals surface area contributed by atoms with Crippen LogP contribution in [0.4, 0.5) is 0 Å². The number of aromatic nitrogens is 2. The number of halogens is 2. The Kier molecular flexibility index (Phi) is 5.49. The van der Waals surface area contributed by atoms with Gasteiger partial charge in [-0.1, -0.05) is 40.5 Å². The van der Waals surface area contributed by atoms with Gasteiger partial charge in [-0.25, -0.2) is 0 Å². The Hall–Kier alpha value is -1.000. The van der Waals surface area contributed by atoms with Crippen LogP contribution in [0.15, 0.2) is 30.5 Å². The summed E-state index contributed by atoms with van der Waals surface area (Å²) in [7, 11) is 0. The molecule has 0 N–H and O–H groups in total. The van der Waals surface area contributed by atoms with Crippen LogP contribution in [0.3, 0.4) is 0 Å². The van der Waals surface area contributed by atoms with Crippen LogP contribution in [0.2, 0.25) is 5.02 Å². The zero-order valence-electron chi connectivity index (χ0n) is 11.6. The Bertz CT molecular complexity index is 571. The lowest BCUT2D eigenvalue weighted by Crippen LogP contribution is -2.06. The van der Waals surface area contributed by atoms with Crippen LogP contribution in [0.25, 0.3) is 0 Å². The fourth-order valence-electron chi connectivity index (χ4n) is 1.84. The van der Waals surface area contributed by atoms with Gasteiger partial charge in [0.2, 0.25) is 0 Å². The first-order valence-electron chi connectivity index (χ1n) is 6.65. The lowest BCUT2D eigenvalue weighted by molar-refractivity contribution is 0.296. The van der Waals surface area contributed by atoms with E-state index in [0.717, 1.165) is 23.4 Å². The molecule has 1 aromatic carbocycles. The van der Waals surface area contributed by atoms with Crippen molar-refractivity contribution in [1.29, 1.82) is 0 Å². The second-order valence-electron chi connectivity index (χ2n) is 4.68. The predicted octanol–water partition coefficient (Wildman–Crippen LogP) is 4.98. The molecule has 108 valence electrons. The fraction of sp³-hybridized carbons (Fsp3) is 0.400. The van der Waals surface area contributed by atoms with Crippen LogP contribution in [-0.4, -0.2) is 9.78 Å². The summed E-state index contributed by atoms with van der Waals surface area (Å²) < 4.78 is 7.81. The largest absolute Gasteiger partial charge is 0.487 e. The van der Waals surface area contributed by atoms with E-state index in [1.165, 1.54) is 0 Å². The third-order valence-corrected chi connectivity index (χ3v) is 4.21. The van der Waals surface area contributed by atoms with Crippen molar-refractivity contribution in [2.75, 3.05) is 0 Å². The van der Waals surface area contributed by atoms with Gasteiger partial charge >= 0.3 is 0 Å². The zero-order valence-corrected chi connectivity index (χ0v) is 14.0. The highest BCUT2D eigenvalue weighted by Crippen LogP contribution is 2.29. The summed E-state index contributed by atoms with van der Waals surface area (Å²) in [5.41, 5.74) is 1.89. The van der Waals surface area contributed by atoms with Gasteiger partial charge in [-0.2, -0.15) is 5.10 Å². The minimum absolute atomic E-state index is 0.410. The summed E-state index contributed by atoms with van der Waals surface area (Å²) in [6.45, 7) is 4.75. The van der Waals surface area contributed by atoms with Gasteiger partial charge in [0.25, 0.3) is 0 Å². The van der Waals surface area contributed by atoms with E-state index in [0.29, 0.717) is 23.0 Å². The fourth-order valence-corrected chi connectivity index (χ4v) is 2.81. The highest BCUT2D eigenvalue weighted by atomic mass is 79.9. The molecule has 0 radical (unpaired) electrons. The molecule has 0 saturated carbocycles. The van der Waals surface area contributed by atoms with Crippen LogP contribution in [-0.2, 0) is 11.9 Å². The number of benzene rings is 1. The molecule has 20 heavy (non-hydrogen) atoms. The quantitative estimate of drug-likeness (QED) is 0.682. The summed E-state index contributed by atoms with van der Waals surface area (Å²) in [5.74, 6) is 0.799. The van der Waals surface area contributed by atoms with Crippen molar-refractivity contribution in [3.05, 3.63) is 46.7 Å². The SMILES string of the molecule is CCC(C)n1ccc(COc2cccc(Cl)c2CBr)n1. The molecule has 1 heterocycles. The number of hydrogen-bond donors (Lipinski definition) is 0. The summed E-state index contributed by atoms with van der Waals surface area (Å²) in [6.07, 6.45) is 3.06. The maximum atomic E-state index is 6.15. The highest BCUT2D eigenvalue weighted by Gasteiger charge is 2.09. The van der Waals surface area contributed by atoms with E-state index >= 15 is 0 Å². The monoisotopic (exact) mass is 356 g/mol. The smallest absolute Gasteiger partial charge is 0.132 e. The lowest BCUT2D eigenvalue weighted by Gasteiger charge is -2.11. The van der Waals surface area contributed by atoms with E-state index in [-0.39, 0.29) is 0 Å². The van der Waals surface area contributed by atoms with E-state index < -0.39 is 0 Å². The van der Waals surface area contributed by atoms with Gasteiger partial charge in [0.15, 0.2) is 0 Å². The van der Waals surface area contributed by atoms with Gasteiger partial charge in [0, 0.05) is 28.2 Å². The van der Waals surface area contributed by atoms with Crippen molar-refractivity contribution in [1.82, 2.24) is 9.78 Å². The molecule has 0 aliphatic heterocycles. The summed E-state index contributed by atoms with van der Waals surface area (Å²) in [4.78, 5) is 0. The molecule has 1 atom stereocenters. The minimum Gasteiger partial charge on any atom is -0.487 e. The first-order chi connectivity index (χ1) is 9.65. The molecule has 3 nitrogen and oxygen atoms in total. The molecule has 5 heteroatoms. The van der Waals surface area contributed by atoms with Crippen LogP contribution in [0.5, 0.6) is 5.75 Å². The Balaban J connectivity index is 2.05. The Labute approximate surface area is 133 Å². The van der Waals surface area contributed by atoms with Gasteiger partial charge in [-0.15, -0.1) is 0 Å².